The third-order valence-corrected chi connectivity index (χ3v) is 3.87. The van der Waals surface area contributed by atoms with Gasteiger partial charge in [-0.1, -0.05) is 0 Å². The van der Waals surface area contributed by atoms with Crippen molar-refractivity contribution >= 4 is 38.5 Å². The molecule has 0 fully saturated rings. The summed E-state index contributed by atoms with van der Waals surface area (Å²) in [6.45, 7) is 0.0413. The van der Waals surface area contributed by atoms with Gasteiger partial charge in [0.1, 0.15) is 5.75 Å². The van der Waals surface area contributed by atoms with Crippen LogP contribution in [0.5, 0.6) is 5.75 Å². The Morgan fingerprint density at radius 3 is 2.75 bits per heavy atom. The van der Waals surface area contributed by atoms with Crippen LogP contribution in [0.25, 0.3) is 0 Å². The van der Waals surface area contributed by atoms with Gasteiger partial charge >= 0.3 is 0 Å². The van der Waals surface area contributed by atoms with E-state index >= 15 is 0 Å². The zero-order valence-electron chi connectivity index (χ0n) is 6.47. The predicted molar refractivity (Wildman–Crippen MR) is 59.3 cm³/mol. The molecule has 0 saturated carbocycles. The number of benzene rings is 1. The zero-order chi connectivity index (χ0) is 9.14. The summed E-state index contributed by atoms with van der Waals surface area (Å²) in [7, 11) is 1.61. The van der Waals surface area contributed by atoms with E-state index in [4.69, 9.17) is 9.84 Å². The average Bonchev–Trinajstić information content (AvgIpc) is 2.09. The van der Waals surface area contributed by atoms with Crippen LogP contribution in [0.15, 0.2) is 16.6 Å². The van der Waals surface area contributed by atoms with E-state index in [1.165, 1.54) is 0 Å². The molecule has 4 heteroatoms. The van der Waals surface area contributed by atoms with Gasteiger partial charge in [-0.05, 0) is 56.2 Å². The Kier molecular flexibility index (Phi) is 3.79. The molecule has 66 valence electrons. The molecular formula is C8H8BrIO2. The molecule has 1 N–H and O–H groups in total. The van der Waals surface area contributed by atoms with E-state index in [-0.39, 0.29) is 6.61 Å². The van der Waals surface area contributed by atoms with Crippen molar-refractivity contribution in [3.05, 3.63) is 25.7 Å². The van der Waals surface area contributed by atoms with Gasteiger partial charge in [-0.2, -0.15) is 0 Å². The van der Waals surface area contributed by atoms with E-state index in [9.17, 15) is 0 Å². The lowest BCUT2D eigenvalue weighted by Crippen LogP contribution is -1.91. The van der Waals surface area contributed by atoms with Crippen molar-refractivity contribution in [2.75, 3.05) is 7.11 Å². The van der Waals surface area contributed by atoms with Crippen LogP contribution >= 0.6 is 38.5 Å². The molecule has 0 spiro atoms. The molecule has 1 aromatic rings. The summed E-state index contributed by atoms with van der Waals surface area (Å²) in [5.41, 5.74) is 0.861. The summed E-state index contributed by atoms with van der Waals surface area (Å²) < 4.78 is 7.08. The van der Waals surface area contributed by atoms with Crippen LogP contribution in [0.3, 0.4) is 0 Å². The number of ether oxygens (including phenoxy) is 1. The molecule has 0 amide bonds. The Hall–Kier alpha value is 0.190. The molecule has 0 bridgehead atoms. The maximum absolute atomic E-state index is 8.90. The van der Waals surface area contributed by atoms with Gasteiger partial charge in [0.25, 0.3) is 0 Å². The minimum atomic E-state index is 0.0413. The van der Waals surface area contributed by atoms with Crippen LogP contribution < -0.4 is 4.74 Å². The van der Waals surface area contributed by atoms with Crippen molar-refractivity contribution in [3.63, 3.8) is 0 Å². The smallest absolute Gasteiger partial charge is 0.134 e. The molecule has 0 aliphatic rings. The number of rotatable bonds is 2. The second kappa shape index (κ2) is 4.43. The molecule has 1 aromatic carbocycles. The molecule has 12 heavy (non-hydrogen) atoms. The van der Waals surface area contributed by atoms with Crippen molar-refractivity contribution in [2.45, 2.75) is 6.61 Å². The first-order valence-corrected chi connectivity index (χ1v) is 5.19. The number of hydrogen-bond donors (Lipinski definition) is 1. The summed E-state index contributed by atoms with van der Waals surface area (Å²) >= 11 is 5.57. The lowest BCUT2D eigenvalue weighted by atomic mass is 10.2. The van der Waals surface area contributed by atoms with Gasteiger partial charge < -0.3 is 9.84 Å². The SMILES string of the molecule is COc1cc(CO)cc(I)c1Br. The second-order valence-corrected chi connectivity index (χ2v) is 4.21. The first-order chi connectivity index (χ1) is 5.69. The van der Waals surface area contributed by atoms with Gasteiger partial charge in [0.2, 0.25) is 0 Å². The van der Waals surface area contributed by atoms with Crippen LogP contribution in [-0.4, -0.2) is 12.2 Å². The van der Waals surface area contributed by atoms with Gasteiger partial charge in [0, 0.05) is 3.57 Å². The third kappa shape index (κ3) is 2.11. The third-order valence-electron chi connectivity index (χ3n) is 1.46. The first-order valence-electron chi connectivity index (χ1n) is 3.31. The summed E-state index contributed by atoms with van der Waals surface area (Å²) in [4.78, 5) is 0. The van der Waals surface area contributed by atoms with Crippen LogP contribution in [0.4, 0.5) is 0 Å². The molecule has 0 aliphatic heterocycles. The molecule has 0 aliphatic carbocycles. The lowest BCUT2D eigenvalue weighted by Gasteiger charge is -2.06. The van der Waals surface area contributed by atoms with Gasteiger partial charge in [-0.15, -0.1) is 0 Å². The number of methoxy groups -OCH3 is 1. The monoisotopic (exact) mass is 342 g/mol. The van der Waals surface area contributed by atoms with Crippen molar-refractivity contribution < 1.29 is 9.84 Å². The van der Waals surface area contributed by atoms with Crippen LogP contribution in [0.2, 0.25) is 0 Å². The Morgan fingerprint density at radius 2 is 2.25 bits per heavy atom. The van der Waals surface area contributed by atoms with Crippen LogP contribution in [0, 0.1) is 3.57 Å². The van der Waals surface area contributed by atoms with E-state index in [1.807, 2.05) is 12.1 Å². The minimum absolute atomic E-state index is 0.0413. The normalized spacial score (nSPS) is 10.0. The highest BCUT2D eigenvalue weighted by molar-refractivity contribution is 14.1. The fourth-order valence-electron chi connectivity index (χ4n) is 0.857. The Labute approximate surface area is 93.2 Å². The van der Waals surface area contributed by atoms with Gasteiger partial charge in [0.05, 0.1) is 18.2 Å². The quantitative estimate of drug-likeness (QED) is 0.837. The Morgan fingerprint density at radius 1 is 1.58 bits per heavy atom. The van der Waals surface area contributed by atoms with Crippen molar-refractivity contribution in [1.29, 1.82) is 0 Å². The van der Waals surface area contributed by atoms with E-state index < -0.39 is 0 Å². The standard InChI is InChI=1S/C8H8BrIO2/c1-12-7-3-5(4-11)2-6(10)8(7)9/h2-3,11H,4H2,1H3. The van der Waals surface area contributed by atoms with E-state index in [0.29, 0.717) is 0 Å². The van der Waals surface area contributed by atoms with Crippen molar-refractivity contribution in [3.8, 4) is 5.75 Å². The fourth-order valence-corrected chi connectivity index (χ4v) is 1.91. The molecule has 1 rings (SSSR count). The number of aliphatic hydroxyl groups is 1. The largest absolute Gasteiger partial charge is 0.496 e. The minimum Gasteiger partial charge on any atom is -0.496 e. The molecule has 0 aromatic heterocycles. The van der Waals surface area contributed by atoms with E-state index in [2.05, 4.69) is 38.5 Å². The van der Waals surface area contributed by atoms with Gasteiger partial charge in [0.15, 0.2) is 0 Å². The molecular weight excluding hydrogens is 335 g/mol. The molecule has 2 nitrogen and oxygen atoms in total. The van der Waals surface area contributed by atoms with Crippen LogP contribution in [-0.2, 0) is 6.61 Å². The van der Waals surface area contributed by atoms with E-state index in [1.54, 1.807) is 7.11 Å². The average molecular weight is 343 g/mol. The number of aliphatic hydroxyl groups excluding tert-OH is 1. The maximum atomic E-state index is 8.90. The van der Waals surface area contributed by atoms with Gasteiger partial charge in [-0.25, -0.2) is 0 Å². The second-order valence-electron chi connectivity index (χ2n) is 2.25. The maximum Gasteiger partial charge on any atom is 0.134 e. The summed E-state index contributed by atoms with van der Waals surface area (Å²) in [6.07, 6.45) is 0. The van der Waals surface area contributed by atoms with Crippen molar-refractivity contribution in [2.24, 2.45) is 0 Å². The van der Waals surface area contributed by atoms with Crippen LogP contribution in [0.1, 0.15) is 5.56 Å². The molecule has 0 unspecified atom stereocenters. The lowest BCUT2D eigenvalue weighted by molar-refractivity contribution is 0.281. The van der Waals surface area contributed by atoms with Crippen molar-refractivity contribution in [1.82, 2.24) is 0 Å². The van der Waals surface area contributed by atoms with E-state index in [0.717, 1.165) is 19.4 Å². The number of hydrogen-bond acceptors (Lipinski definition) is 2. The summed E-state index contributed by atoms with van der Waals surface area (Å²) in [6, 6.07) is 3.72. The number of halogens is 2. The van der Waals surface area contributed by atoms with Gasteiger partial charge in [-0.3, -0.25) is 0 Å². The Balaban J connectivity index is 3.19. The highest BCUT2D eigenvalue weighted by Crippen LogP contribution is 2.31. The molecule has 0 heterocycles. The topological polar surface area (TPSA) is 29.5 Å². The first kappa shape index (κ1) is 10.3. The molecule has 0 saturated heterocycles. The summed E-state index contributed by atoms with van der Waals surface area (Å²) in [5.74, 6) is 0.756. The Bertz CT molecular complexity index is 289. The highest BCUT2D eigenvalue weighted by atomic mass is 127. The fraction of sp³-hybridized carbons (Fsp3) is 0.250. The summed E-state index contributed by atoms with van der Waals surface area (Å²) in [5, 5.41) is 8.90. The molecule has 0 atom stereocenters. The highest BCUT2D eigenvalue weighted by Gasteiger charge is 2.05. The zero-order valence-corrected chi connectivity index (χ0v) is 10.2. The predicted octanol–water partition coefficient (Wildman–Crippen LogP) is 2.55. The molecule has 0 radical (unpaired) electrons.